The van der Waals surface area contributed by atoms with E-state index in [0.29, 0.717) is 0 Å². The number of hydrogen-bond acceptors (Lipinski definition) is 2. The van der Waals surface area contributed by atoms with E-state index < -0.39 is 0 Å². The van der Waals surface area contributed by atoms with Gasteiger partial charge >= 0.3 is 0 Å². The summed E-state index contributed by atoms with van der Waals surface area (Å²) >= 11 is 4.47. The molecular weight excluding hydrogens is 226 g/mol. The highest BCUT2D eigenvalue weighted by molar-refractivity contribution is 7.80. The topological polar surface area (TPSA) is 3.24 Å². The first-order valence-corrected chi connectivity index (χ1v) is 7.09. The van der Waals surface area contributed by atoms with Crippen molar-refractivity contribution in [2.24, 2.45) is 11.3 Å². The van der Waals surface area contributed by atoms with Crippen molar-refractivity contribution in [3.8, 4) is 0 Å². The molecule has 0 aliphatic carbocycles. The molecule has 17 heavy (non-hydrogen) atoms. The molecule has 1 aliphatic heterocycles. The molecule has 1 heterocycles. The third-order valence-corrected chi connectivity index (χ3v) is 4.34. The van der Waals surface area contributed by atoms with Gasteiger partial charge in [-0.25, -0.2) is 0 Å². The summed E-state index contributed by atoms with van der Waals surface area (Å²) in [5.41, 5.74) is 3.20. The lowest BCUT2D eigenvalue weighted by Crippen LogP contribution is -2.41. The van der Waals surface area contributed by atoms with Crippen LogP contribution in [0.3, 0.4) is 0 Å². The van der Waals surface area contributed by atoms with Crippen LogP contribution < -0.4 is 4.90 Å². The summed E-state index contributed by atoms with van der Waals surface area (Å²) in [5, 5.41) is 0. The largest absolute Gasteiger partial charge is 0.370 e. The molecule has 2 heteroatoms. The van der Waals surface area contributed by atoms with Gasteiger partial charge in [0.2, 0.25) is 0 Å². The quantitative estimate of drug-likeness (QED) is 0.800. The summed E-state index contributed by atoms with van der Waals surface area (Å²) in [6.07, 6.45) is 1.22. The van der Waals surface area contributed by atoms with Gasteiger partial charge in [0.1, 0.15) is 0 Å². The Hall–Kier alpha value is -0.630. The predicted molar refractivity (Wildman–Crippen MR) is 79.2 cm³/mol. The zero-order valence-electron chi connectivity index (χ0n) is 11.1. The van der Waals surface area contributed by atoms with Crippen LogP contribution in [0.2, 0.25) is 0 Å². The molecule has 0 radical (unpaired) electrons. The number of nitrogens with zero attached hydrogens (tertiary/aromatic N) is 1. The van der Waals surface area contributed by atoms with E-state index in [1.54, 1.807) is 0 Å². The molecule has 0 aromatic heterocycles. The number of para-hydroxylation sites is 1. The van der Waals surface area contributed by atoms with Gasteiger partial charge < -0.3 is 4.90 Å². The maximum Gasteiger partial charge on any atom is 0.0399 e. The van der Waals surface area contributed by atoms with E-state index in [4.69, 9.17) is 0 Å². The normalized spacial score (nSPS) is 20.2. The van der Waals surface area contributed by atoms with Crippen LogP contribution in [0.4, 0.5) is 5.69 Å². The van der Waals surface area contributed by atoms with Crippen LogP contribution >= 0.6 is 12.6 Å². The lowest BCUT2D eigenvalue weighted by atomic mass is 9.90. The van der Waals surface area contributed by atoms with Crippen LogP contribution in [0.15, 0.2) is 24.3 Å². The van der Waals surface area contributed by atoms with Crippen molar-refractivity contribution in [2.75, 3.05) is 23.7 Å². The maximum atomic E-state index is 4.47. The highest BCUT2D eigenvalue weighted by atomic mass is 32.1. The Balaban J connectivity index is 2.24. The smallest absolute Gasteiger partial charge is 0.0399 e. The van der Waals surface area contributed by atoms with E-state index in [1.807, 2.05) is 0 Å². The first kappa shape index (κ1) is 12.8. The Morgan fingerprint density at radius 3 is 2.76 bits per heavy atom. The van der Waals surface area contributed by atoms with Crippen molar-refractivity contribution in [2.45, 2.75) is 27.2 Å². The summed E-state index contributed by atoms with van der Waals surface area (Å²) in [6, 6.07) is 8.83. The molecule has 0 spiro atoms. The molecule has 1 aromatic rings. The Labute approximate surface area is 111 Å². The Bertz CT molecular complexity index is 386. The van der Waals surface area contributed by atoms with E-state index in [9.17, 15) is 0 Å². The van der Waals surface area contributed by atoms with E-state index in [2.05, 4.69) is 62.6 Å². The van der Waals surface area contributed by atoms with Gasteiger partial charge in [-0.1, -0.05) is 39.0 Å². The summed E-state index contributed by atoms with van der Waals surface area (Å²) in [6.45, 7) is 9.20. The molecule has 1 aromatic carbocycles. The second kappa shape index (κ2) is 4.93. The van der Waals surface area contributed by atoms with Gasteiger partial charge in [0.25, 0.3) is 0 Å². The second-order valence-corrected chi connectivity index (χ2v) is 6.46. The highest BCUT2D eigenvalue weighted by Gasteiger charge is 2.26. The minimum atomic E-state index is 0.271. The molecule has 0 saturated heterocycles. The molecule has 2 rings (SSSR count). The van der Waals surface area contributed by atoms with Crippen molar-refractivity contribution in [1.29, 1.82) is 0 Å². The molecule has 1 atom stereocenters. The van der Waals surface area contributed by atoms with Gasteiger partial charge in [0, 0.05) is 18.8 Å². The number of thiol groups is 1. The van der Waals surface area contributed by atoms with Crippen LogP contribution in [0, 0.1) is 11.3 Å². The summed E-state index contributed by atoms with van der Waals surface area (Å²) in [4.78, 5) is 2.54. The maximum absolute atomic E-state index is 4.47. The first-order chi connectivity index (χ1) is 8.02. The van der Waals surface area contributed by atoms with Crippen LogP contribution in [-0.2, 0) is 6.42 Å². The van der Waals surface area contributed by atoms with Crippen LogP contribution in [0.5, 0.6) is 0 Å². The standard InChI is InChI=1S/C15H23NS/c1-12-8-13-6-4-5-7-14(13)16(9-12)10-15(2,3)11-17/h4-7,12,17H,8-11H2,1-3H3. The lowest BCUT2D eigenvalue weighted by molar-refractivity contribution is 0.398. The Morgan fingerprint density at radius 1 is 1.35 bits per heavy atom. The minimum absolute atomic E-state index is 0.271. The van der Waals surface area contributed by atoms with E-state index in [0.717, 1.165) is 18.2 Å². The number of benzene rings is 1. The van der Waals surface area contributed by atoms with Gasteiger partial charge in [-0.05, 0) is 35.1 Å². The van der Waals surface area contributed by atoms with Crippen LogP contribution in [0.1, 0.15) is 26.3 Å². The number of anilines is 1. The SMILES string of the molecule is CC1Cc2ccccc2N(CC(C)(C)CS)C1. The predicted octanol–water partition coefficient (Wildman–Crippen LogP) is 3.64. The molecule has 1 aliphatic rings. The van der Waals surface area contributed by atoms with Crippen molar-refractivity contribution in [3.05, 3.63) is 29.8 Å². The third-order valence-electron chi connectivity index (χ3n) is 3.48. The molecule has 94 valence electrons. The van der Waals surface area contributed by atoms with Crippen molar-refractivity contribution >= 4 is 18.3 Å². The van der Waals surface area contributed by atoms with Gasteiger partial charge in [0.05, 0.1) is 0 Å². The fraction of sp³-hybridized carbons (Fsp3) is 0.600. The fourth-order valence-corrected chi connectivity index (χ4v) is 2.72. The first-order valence-electron chi connectivity index (χ1n) is 6.45. The summed E-state index contributed by atoms with van der Waals surface area (Å²) < 4.78 is 0. The summed E-state index contributed by atoms with van der Waals surface area (Å²) in [5.74, 6) is 1.68. The zero-order chi connectivity index (χ0) is 12.5. The molecule has 1 unspecified atom stereocenters. The Morgan fingerprint density at radius 2 is 2.06 bits per heavy atom. The van der Waals surface area contributed by atoms with E-state index in [-0.39, 0.29) is 5.41 Å². The molecule has 0 saturated carbocycles. The number of rotatable bonds is 3. The average Bonchev–Trinajstić information content (AvgIpc) is 2.28. The van der Waals surface area contributed by atoms with Crippen molar-refractivity contribution < 1.29 is 0 Å². The van der Waals surface area contributed by atoms with E-state index in [1.165, 1.54) is 24.2 Å². The van der Waals surface area contributed by atoms with Gasteiger partial charge in [0.15, 0.2) is 0 Å². The molecule has 1 nitrogen and oxygen atoms in total. The number of fused-ring (bicyclic) bond motifs is 1. The van der Waals surface area contributed by atoms with Crippen molar-refractivity contribution in [3.63, 3.8) is 0 Å². The third kappa shape index (κ3) is 2.98. The van der Waals surface area contributed by atoms with Crippen molar-refractivity contribution in [1.82, 2.24) is 0 Å². The Kier molecular flexibility index (Phi) is 3.72. The molecule has 0 amide bonds. The van der Waals surface area contributed by atoms with Crippen LogP contribution in [0.25, 0.3) is 0 Å². The monoisotopic (exact) mass is 249 g/mol. The molecule has 0 fully saturated rings. The number of hydrogen-bond donors (Lipinski definition) is 1. The molecule has 0 N–H and O–H groups in total. The van der Waals surface area contributed by atoms with Crippen LogP contribution in [-0.4, -0.2) is 18.8 Å². The fourth-order valence-electron chi connectivity index (χ4n) is 2.62. The highest BCUT2D eigenvalue weighted by Crippen LogP contribution is 2.32. The summed E-state index contributed by atoms with van der Waals surface area (Å²) in [7, 11) is 0. The van der Waals surface area contributed by atoms with Gasteiger partial charge in [-0.3, -0.25) is 0 Å². The van der Waals surface area contributed by atoms with E-state index >= 15 is 0 Å². The minimum Gasteiger partial charge on any atom is -0.370 e. The van der Waals surface area contributed by atoms with Gasteiger partial charge in [-0.2, -0.15) is 12.6 Å². The zero-order valence-corrected chi connectivity index (χ0v) is 12.0. The lowest BCUT2D eigenvalue weighted by Gasteiger charge is -2.39. The van der Waals surface area contributed by atoms with Gasteiger partial charge in [-0.15, -0.1) is 0 Å². The molecular formula is C15H23NS. The average molecular weight is 249 g/mol. The second-order valence-electron chi connectivity index (χ2n) is 6.14. The molecule has 0 bridgehead atoms.